The first-order valence-corrected chi connectivity index (χ1v) is 13.5. The Morgan fingerprint density at radius 2 is 1.60 bits per heavy atom. The van der Waals surface area contributed by atoms with E-state index in [9.17, 15) is 4.79 Å². The summed E-state index contributed by atoms with van der Waals surface area (Å²) in [4.78, 5) is 27.5. The van der Waals surface area contributed by atoms with Crippen molar-refractivity contribution in [1.82, 2.24) is 24.7 Å². The normalized spacial score (nSPS) is 11.1. The monoisotopic (exact) mass is 560 g/mol. The Kier molecular flexibility index (Phi) is 7.23. The number of hydrogen-bond donors (Lipinski definition) is 1. The third kappa shape index (κ3) is 5.12. The van der Waals surface area contributed by atoms with E-state index in [0.717, 1.165) is 11.1 Å². The zero-order valence-electron chi connectivity index (χ0n) is 23.5. The fourth-order valence-corrected chi connectivity index (χ4v) is 5.06. The fraction of sp³-hybridized carbons (Fsp3) is 0.152. The average Bonchev–Trinajstić information content (AvgIpc) is 3.60. The molecule has 0 atom stereocenters. The highest BCUT2D eigenvalue weighted by molar-refractivity contribution is 6.07. The molecule has 3 aromatic heterocycles. The number of nitrogens with zero attached hydrogens (tertiary/aromatic N) is 5. The number of ether oxygens (including phenoxy) is 1. The molecular weight excluding hydrogens is 531 g/mol. The number of anilines is 1. The van der Waals surface area contributed by atoms with Crippen molar-refractivity contribution in [3.05, 3.63) is 119 Å². The molecule has 0 spiro atoms. The summed E-state index contributed by atoms with van der Waals surface area (Å²) in [6.07, 6.45) is 1.53. The number of aryl methyl sites for hydroxylation is 2. The highest BCUT2D eigenvalue weighted by Gasteiger charge is 2.23. The van der Waals surface area contributed by atoms with Crippen molar-refractivity contribution in [2.75, 3.05) is 12.0 Å². The lowest BCUT2D eigenvalue weighted by Crippen LogP contribution is -2.24. The van der Waals surface area contributed by atoms with Gasteiger partial charge in [-0.1, -0.05) is 66.7 Å². The van der Waals surface area contributed by atoms with Gasteiger partial charge in [-0.2, -0.15) is 5.10 Å². The zero-order chi connectivity index (χ0) is 29.2. The van der Waals surface area contributed by atoms with Gasteiger partial charge in [0.05, 0.1) is 23.8 Å². The van der Waals surface area contributed by atoms with Gasteiger partial charge in [-0.15, -0.1) is 0 Å². The molecule has 9 heteroatoms. The molecule has 6 rings (SSSR count). The van der Waals surface area contributed by atoms with Crippen molar-refractivity contribution >= 4 is 22.7 Å². The molecule has 0 unspecified atom stereocenters. The molecule has 8 nitrogen and oxygen atoms in total. The van der Waals surface area contributed by atoms with Gasteiger partial charge in [0.15, 0.2) is 11.6 Å². The number of aromatic amines is 1. The Bertz CT molecular complexity index is 1820. The highest BCUT2D eigenvalue weighted by Crippen LogP contribution is 2.36. The molecule has 210 valence electrons. The van der Waals surface area contributed by atoms with E-state index in [-0.39, 0.29) is 11.1 Å². The van der Waals surface area contributed by atoms with Crippen LogP contribution in [0.2, 0.25) is 0 Å². The molecule has 0 aliphatic heterocycles. The van der Waals surface area contributed by atoms with Crippen LogP contribution in [-0.4, -0.2) is 37.8 Å². The average molecular weight is 561 g/mol. The minimum Gasteiger partial charge on any atom is -0.465 e. The number of methoxy groups -OCH3 is 1. The molecule has 0 bridgehead atoms. The largest absolute Gasteiger partial charge is 0.465 e. The summed E-state index contributed by atoms with van der Waals surface area (Å²) in [5.74, 6) is 0.629. The van der Waals surface area contributed by atoms with Gasteiger partial charge >= 0.3 is 5.97 Å². The van der Waals surface area contributed by atoms with Gasteiger partial charge in [0.25, 0.3) is 0 Å². The summed E-state index contributed by atoms with van der Waals surface area (Å²) in [7, 11) is 3.10. The first-order chi connectivity index (χ1) is 20.4. The van der Waals surface area contributed by atoms with E-state index < -0.39 is 11.8 Å². The molecule has 3 heterocycles. The van der Waals surface area contributed by atoms with Crippen molar-refractivity contribution in [3.63, 3.8) is 0 Å². The fourth-order valence-electron chi connectivity index (χ4n) is 5.06. The van der Waals surface area contributed by atoms with Crippen LogP contribution in [0, 0.1) is 12.7 Å². The maximum Gasteiger partial charge on any atom is 0.340 e. The van der Waals surface area contributed by atoms with Crippen molar-refractivity contribution < 1.29 is 13.9 Å². The number of nitrogens with one attached hydrogen (secondary N) is 1. The molecule has 3 aromatic carbocycles. The summed E-state index contributed by atoms with van der Waals surface area (Å²) in [5.41, 5.74) is 4.21. The van der Waals surface area contributed by atoms with Crippen LogP contribution < -0.4 is 4.90 Å². The molecule has 1 N–H and O–H groups in total. The molecule has 0 fully saturated rings. The molecule has 0 saturated heterocycles. The molecule has 0 aliphatic carbocycles. The number of aromatic nitrogens is 5. The van der Waals surface area contributed by atoms with Gasteiger partial charge in [-0.05, 0) is 36.2 Å². The van der Waals surface area contributed by atoms with Crippen LogP contribution in [-0.2, 0) is 24.9 Å². The van der Waals surface area contributed by atoms with Crippen molar-refractivity contribution in [1.29, 1.82) is 0 Å². The summed E-state index contributed by atoms with van der Waals surface area (Å²) >= 11 is 0. The summed E-state index contributed by atoms with van der Waals surface area (Å²) in [6.45, 7) is 2.95. The van der Waals surface area contributed by atoms with E-state index in [1.807, 2.05) is 43.3 Å². The number of carbonyl (C=O) groups excluding carboxylic acids is 1. The Labute approximate surface area is 242 Å². The second-order valence-corrected chi connectivity index (χ2v) is 10.1. The number of esters is 1. The lowest BCUT2D eigenvalue weighted by molar-refractivity contribution is 0.0602. The summed E-state index contributed by atoms with van der Waals surface area (Å²) in [6, 6.07) is 27.1. The van der Waals surface area contributed by atoms with Crippen LogP contribution >= 0.6 is 0 Å². The standard InChI is InChI=1S/C33H29FN6O2/c1-21-36-31(38-39(21)2)25-16-10-15-24(29(25)34)28-17-26-27(33(41)42-3)18-35-32(30(26)37-28)40(19-22-11-6-4-7-12-22)20-23-13-8-5-9-14-23/h4-18,37H,19-20H2,1-3H3. The van der Waals surface area contributed by atoms with E-state index in [0.29, 0.717) is 52.7 Å². The van der Waals surface area contributed by atoms with Gasteiger partial charge < -0.3 is 14.6 Å². The second kappa shape index (κ2) is 11.3. The Hall–Kier alpha value is -5.31. The Balaban J connectivity index is 1.51. The van der Waals surface area contributed by atoms with Crippen molar-refractivity contribution in [3.8, 4) is 22.6 Å². The van der Waals surface area contributed by atoms with Crippen LogP contribution in [0.15, 0.2) is 91.1 Å². The minimum absolute atomic E-state index is 0.288. The predicted molar refractivity (Wildman–Crippen MR) is 160 cm³/mol. The molecule has 0 aliphatic rings. The number of fused-ring (bicyclic) bond motifs is 1. The van der Waals surface area contributed by atoms with Crippen LogP contribution in [0.1, 0.15) is 27.3 Å². The van der Waals surface area contributed by atoms with Gasteiger partial charge in [-0.3, -0.25) is 4.68 Å². The van der Waals surface area contributed by atoms with Gasteiger partial charge in [0.2, 0.25) is 0 Å². The van der Waals surface area contributed by atoms with Crippen LogP contribution in [0.4, 0.5) is 10.2 Å². The van der Waals surface area contributed by atoms with Gasteiger partial charge in [0, 0.05) is 43.0 Å². The third-order valence-electron chi connectivity index (χ3n) is 7.30. The summed E-state index contributed by atoms with van der Waals surface area (Å²) in [5, 5.41) is 4.95. The Morgan fingerprint density at radius 1 is 0.952 bits per heavy atom. The summed E-state index contributed by atoms with van der Waals surface area (Å²) < 4.78 is 22.7. The molecule has 0 radical (unpaired) electrons. The number of pyridine rings is 1. The minimum atomic E-state index is -0.523. The topological polar surface area (TPSA) is 88.9 Å². The van der Waals surface area contributed by atoms with Gasteiger partial charge in [-0.25, -0.2) is 19.2 Å². The molecular formula is C33H29FN6O2. The number of H-pyrrole nitrogens is 1. The van der Waals surface area contributed by atoms with Gasteiger partial charge in [0.1, 0.15) is 11.6 Å². The Morgan fingerprint density at radius 3 is 2.19 bits per heavy atom. The number of halogens is 1. The molecule has 0 saturated carbocycles. The quantitative estimate of drug-likeness (QED) is 0.215. The number of rotatable bonds is 8. The SMILES string of the molecule is COC(=O)c1cnc(N(Cc2ccccc2)Cc2ccccc2)c2[nH]c(-c3cccc(-c4nc(C)n(C)n4)c3F)cc12. The number of benzene rings is 3. The molecule has 0 amide bonds. The lowest BCUT2D eigenvalue weighted by Gasteiger charge is -2.25. The van der Waals surface area contributed by atoms with Crippen molar-refractivity contribution in [2.24, 2.45) is 7.05 Å². The van der Waals surface area contributed by atoms with E-state index in [1.54, 1.807) is 36.0 Å². The van der Waals surface area contributed by atoms with Crippen LogP contribution in [0.5, 0.6) is 0 Å². The third-order valence-corrected chi connectivity index (χ3v) is 7.30. The van der Waals surface area contributed by atoms with Crippen LogP contribution in [0.3, 0.4) is 0 Å². The van der Waals surface area contributed by atoms with Crippen LogP contribution in [0.25, 0.3) is 33.5 Å². The smallest absolute Gasteiger partial charge is 0.340 e. The molecule has 42 heavy (non-hydrogen) atoms. The lowest BCUT2D eigenvalue weighted by atomic mass is 10.1. The highest BCUT2D eigenvalue weighted by atomic mass is 19.1. The second-order valence-electron chi connectivity index (χ2n) is 10.1. The first-order valence-electron chi connectivity index (χ1n) is 13.5. The first kappa shape index (κ1) is 26.9. The van der Waals surface area contributed by atoms with E-state index >= 15 is 4.39 Å². The zero-order valence-corrected chi connectivity index (χ0v) is 23.5. The van der Waals surface area contributed by atoms with E-state index in [2.05, 4.69) is 44.2 Å². The maximum atomic E-state index is 16.0. The van der Waals surface area contributed by atoms with E-state index in [4.69, 9.17) is 9.72 Å². The number of hydrogen-bond acceptors (Lipinski definition) is 6. The molecule has 6 aromatic rings. The number of carbonyl (C=O) groups is 1. The van der Waals surface area contributed by atoms with E-state index in [1.165, 1.54) is 13.3 Å². The maximum absolute atomic E-state index is 16.0. The predicted octanol–water partition coefficient (Wildman–Crippen LogP) is 6.47. The van der Waals surface area contributed by atoms with Crippen molar-refractivity contribution in [2.45, 2.75) is 20.0 Å².